The SMILES string of the molecule is C#CCOC1C=C(C(=O)O)NC(C(=O)O)=C1. The zero-order chi connectivity index (χ0) is 12.1. The summed E-state index contributed by atoms with van der Waals surface area (Å²) in [6.45, 7) is -0.0303. The van der Waals surface area contributed by atoms with Gasteiger partial charge in [0.1, 0.15) is 24.1 Å². The molecule has 0 saturated carbocycles. The number of aliphatic carboxylic acids is 2. The fraction of sp³-hybridized carbons (Fsp3) is 0.200. The molecular weight excluding hydrogens is 214 g/mol. The molecule has 0 amide bonds. The second-order valence-corrected chi connectivity index (χ2v) is 2.88. The number of nitrogens with one attached hydrogen (secondary N) is 1. The average molecular weight is 223 g/mol. The lowest BCUT2D eigenvalue weighted by Gasteiger charge is -2.18. The maximum Gasteiger partial charge on any atom is 0.352 e. The predicted octanol–water partition coefficient (Wildman–Crippen LogP) is -0.455. The van der Waals surface area contributed by atoms with Crippen molar-refractivity contribution in [1.29, 1.82) is 0 Å². The highest BCUT2D eigenvalue weighted by Crippen LogP contribution is 2.11. The van der Waals surface area contributed by atoms with Gasteiger partial charge in [-0.05, 0) is 12.2 Å². The highest BCUT2D eigenvalue weighted by Gasteiger charge is 2.21. The molecule has 1 aliphatic rings. The molecule has 3 N–H and O–H groups in total. The number of carboxylic acid groups (broad SMARTS) is 2. The van der Waals surface area contributed by atoms with Crippen LogP contribution in [-0.4, -0.2) is 34.9 Å². The lowest BCUT2D eigenvalue weighted by atomic mass is 10.1. The summed E-state index contributed by atoms with van der Waals surface area (Å²) in [6, 6.07) is 0. The third kappa shape index (κ3) is 2.87. The second kappa shape index (κ2) is 5.00. The van der Waals surface area contributed by atoms with Gasteiger partial charge in [0.25, 0.3) is 0 Å². The van der Waals surface area contributed by atoms with E-state index in [-0.39, 0.29) is 18.0 Å². The van der Waals surface area contributed by atoms with E-state index in [9.17, 15) is 9.59 Å². The van der Waals surface area contributed by atoms with E-state index in [1.807, 2.05) is 0 Å². The van der Waals surface area contributed by atoms with E-state index in [2.05, 4.69) is 11.2 Å². The van der Waals surface area contributed by atoms with Crippen LogP contribution in [-0.2, 0) is 14.3 Å². The van der Waals surface area contributed by atoms with Crippen molar-refractivity contribution in [3.8, 4) is 12.3 Å². The number of carbonyl (C=O) groups is 2. The van der Waals surface area contributed by atoms with E-state index >= 15 is 0 Å². The first kappa shape index (κ1) is 11.8. The number of rotatable bonds is 4. The van der Waals surface area contributed by atoms with Gasteiger partial charge in [-0.15, -0.1) is 6.42 Å². The molecule has 16 heavy (non-hydrogen) atoms. The number of terminal acetylenes is 1. The van der Waals surface area contributed by atoms with Gasteiger partial charge in [0, 0.05) is 0 Å². The first-order valence-electron chi connectivity index (χ1n) is 4.27. The number of carboxylic acids is 2. The van der Waals surface area contributed by atoms with E-state index in [1.54, 1.807) is 0 Å². The lowest BCUT2D eigenvalue weighted by molar-refractivity contribution is -0.133. The van der Waals surface area contributed by atoms with Crippen molar-refractivity contribution in [2.24, 2.45) is 0 Å². The van der Waals surface area contributed by atoms with Crippen LogP contribution in [0.15, 0.2) is 23.5 Å². The minimum Gasteiger partial charge on any atom is -0.477 e. The molecule has 0 atom stereocenters. The van der Waals surface area contributed by atoms with Gasteiger partial charge in [0.2, 0.25) is 0 Å². The van der Waals surface area contributed by atoms with Crippen LogP contribution in [0.25, 0.3) is 0 Å². The van der Waals surface area contributed by atoms with E-state index in [0.29, 0.717) is 0 Å². The van der Waals surface area contributed by atoms with Gasteiger partial charge in [-0.3, -0.25) is 0 Å². The van der Waals surface area contributed by atoms with Crippen molar-refractivity contribution in [3.63, 3.8) is 0 Å². The van der Waals surface area contributed by atoms with Crippen molar-refractivity contribution in [3.05, 3.63) is 23.5 Å². The molecule has 0 bridgehead atoms. The Labute approximate surface area is 91.2 Å². The Hall–Kier alpha value is -2.26. The summed E-state index contributed by atoms with van der Waals surface area (Å²) in [4.78, 5) is 21.4. The lowest BCUT2D eigenvalue weighted by Crippen LogP contribution is -2.31. The molecule has 0 aromatic rings. The molecule has 0 saturated heterocycles. The quantitative estimate of drug-likeness (QED) is 0.558. The van der Waals surface area contributed by atoms with Gasteiger partial charge >= 0.3 is 11.9 Å². The summed E-state index contributed by atoms with van der Waals surface area (Å²) in [7, 11) is 0. The minimum absolute atomic E-state index is 0.0303. The smallest absolute Gasteiger partial charge is 0.352 e. The van der Waals surface area contributed by atoms with Crippen LogP contribution in [0.5, 0.6) is 0 Å². The Kier molecular flexibility index (Phi) is 3.69. The third-order valence-electron chi connectivity index (χ3n) is 1.75. The van der Waals surface area contributed by atoms with Crippen LogP contribution >= 0.6 is 0 Å². The van der Waals surface area contributed by atoms with Gasteiger partial charge in [-0.1, -0.05) is 5.92 Å². The predicted molar refractivity (Wildman–Crippen MR) is 53.1 cm³/mol. The Morgan fingerprint density at radius 2 is 1.88 bits per heavy atom. The number of dihydropyridines is 1. The van der Waals surface area contributed by atoms with E-state index < -0.39 is 18.0 Å². The average Bonchev–Trinajstić information content (AvgIpc) is 2.25. The van der Waals surface area contributed by atoms with E-state index in [1.165, 1.54) is 12.2 Å². The zero-order valence-corrected chi connectivity index (χ0v) is 8.14. The number of ether oxygens (including phenoxy) is 1. The molecule has 1 aliphatic heterocycles. The molecule has 1 rings (SSSR count). The van der Waals surface area contributed by atoms with Crippen molar-refractivity contribution in [1.82, 2.24) is 5.32 Å². The fourth-order valence-corrected chi connectivity index (χ4v) is 1.10. The first-order chi connectivity index (χ1) is 7.54. The molecular formula is C10H9NO5. The van der Waals surface area contributed by atoms with E-state index in [4.69, 9.17) is 21.4 Å². The second-order valence-electron chi connectivity index (χ2n) is 2.88. The first-order valence-corrected chi connectivity index (χ1v) is 4.27. The van der Waals surface area contributed by atoms with Gasteiger partial charge in [-0.25, -0.2) is 9.59 Å². The molecule has 84 valence electrons. The number of hydrogen-bond acceptors (Lipinski definition) is 4. The molecule has 0 fully saturated rings. The monoisotopic (exact) mass is 223 g/mol. The van der Waals surface area contributed by atoms with Crippen LogP contribution in [0.2, 0.25) is 0 Å². The molecule has 6 heteroatoms. The molecule has 1 heterocycles. The highest BCUT2D eigenvalue weighted by molar-refractivity contribution is 5.92. The molecule has 0 aliphatic carbocycles. The summed E-state index contributed by atoms with van der Waals surface area (Å²) < 4.78 is 5.04. The molecule has 6 nitrogen and oxygen atoms in total. The van der Waals surface area contributed by atoms with Gasteiger partial charge in [0.05, 0.1) is 0 Å². The third-order valence-corrected chi connectivity index (χ3v) is 1.75. The van der Waals surface area contributed by atoms with Gasteiger partial charge < -0.3 is 20.3 Å². The topological polar surface area (TPSA) is 95.9 Å². The summed E-state index contributed by atoms with van der Waals surface area (Å²) in [5.74, 6) is -0.319. The van der Waals surface area contributed by atoms with E-state index in [0.717, 1.165) is 0 Å². The summed E-state index contributed by atoms with van der Waals surface area (Å²) >= 11 is 0. The Morgan fingerprint density at radius 1 is 1.38 bits per heavy atom. The van der Waals surface area contributed by atoms with Crippen LogP contribution in [0.3, 0.4) is 0 Å². The van der Waals surface area contributed by atoms with Crippen LogP contribution < -0.4 is 5.32 Å². The minimum atomic E-state index is -1.26. The molecule has 0 spiro atoms. The Bertz CT molecular complexity index is 385. The maximum atomic E-state index is 10.7. The Balaban J connectivity index is 2.87. The summed E-state index contributed by atoms with van der Waals surface area (Å²) in [5, 5.41) is 19.7. The normalized spacial score (nSPS) is 15.4. The van der Waals surface area contributed by atoms with Crippen molar-refractivity contribution in [2.75, 3.05) is 6.61 Å². The fourth-order valence-electron chi connectivity index (χ4n) is 1.10. The molecule has 0 aromatic carbocycles. The largest absolute Gasteiger partial charge is 0.477 e. The van der Waals surface area contributed by atoms with Crippen molar-refractivity contribution in [2.45, 2.75) is 6.10 Å². The standard InChI is InChI=1S/C10H9NO5/c1-2-3-16-6-4-7(9(12)13)11-8(5-6)10(14)15/h1,4-6,11H,3H2,(H,12,13)(H,14,15). The van der Waals surface area contributed by atoms with Gasteiger partial charge in [-0.2, -0.15) is 0 Å². The van der Waals surface area contributed by atoms with Crippen LogP contribution in [0.4, 0.5) is 0 Å². The number of hydrogen-bond donors (Lipinski definition) is 3. The molecule has 0 radical (unpaired) electrons. The molecule has 0 aromatic heterocycles. The van der Waals surface area contributed by atoms with Crippen molar-refractivity contribution < 1.29 is 24.5 Å². The Morgan fingerprint density at radius 3 is 2.25 bits per heavy atom. The molecule has 0 unspecified atom stereocenters. The van der Waals surface area contributed by atoms with Crippen LogP contribution in [0.1, 0.15) is 0 Å². The zero-order valence-electron chi connectivity index (χ0n) is 8.14. The maximum absolute atomic E-state index is 10.7. The summed E-state index contributed by atoms with van der Waals surface area (Å²) in [5.41, 5.74) is -0.496. The van der Waals surface area contributed by atoms with Gasteiger partial charge in [0.15, 0.2) is 0 Å². The summed E-state index contributed by atoms with van der Waals surface area (Å²) in [6.07, 6.45) is 6.70. The highest BCUT2D eigenvalue weighted by atomic mass is 16.5. The van der Waals surface area contributed by atoms with Crippen LogP contribution in [0, 0.1) is 12.3 Å². The van der Waals surface area contributed by atoms with Crippen molar-refractivity contribution >= 4 is 11.9 Å².